The summed E-state index contributed by atoms with van der Waals surface area (Å²) in [4.78, 5) is 0. The van der Waals surface area contributed by atoms with E-state index in [1.807, 2.05) is 11.8 Å². The SMILES string of the molecule is CCc1ccc(CNCCCCCSC)o1. The third kappa shape index (κ3) is 5.61. The van der Waals surface area contributed by atoms with Crippen molar-refractivity contribution in [2.24, 2.45) is 0 Å². The fraction of sp³-hybridized carbons (Fsp3) is 0.692. The van der Waals surface area contributed by atoms with Gasteiger partial charge in [-0.25, -0.2) is 0 Å². The summed E-state index contributed by atoms with van der Waals surface area (Å²) in [7, 11) is 0. The Hall–Kier alpha value is -0.410. The Morgan fingerprint density at radius 3 is 2.69 bits per heavy atom. The zero-order chi connectivity index (χ0) is 11.6. The van der Waals surface area contributed by atoms with Gasteiger partial charge in [-0.2, -0.15) is 11.8 Å². The van der Waals surface area contributed by atoms with Crippen LogP contribution in [0.5, 0.6) is 0 Å². The van der Waals surface area contributed by atoms with Crippen LogP contribution in [0.2, 0.25) is 0 Å². The van der Waals surface area contributed by atoms with Gasteiger partial charge in [0.1, 0.15) is 11.5 Å². The summed E-state index contributed by atoms with van der Waals surface area (Å²) in [6.45, 7) is 4.07. The van der Waals surface area contributed by atoms with Crippen molar-refractivity contribution < 1.29 is 4.42 Å². The average molecular weight is 241 g/mol. The smallest absolute Gasteiger partial charge is 0.117 e. The Labute approximate surface area is 103 Å². The van der Waals surface area contributed by atoms with Crippen LogP contribution < -0.4 is 5.32 Å². The topological polar surface area (TPSA) is 25.2 Å². The summed E-state index contributed by atoms with van der Waals surface area (Å²) < 4.78 is 5.61. The van der Waals surface area contributed by atoms with Crippen LogP contribution in [0.15, 0.2) is 16.5 Å². The highest BCUT2D eigenvalue weighted by molar-refractivity contribution is 7.98. The van der Waals surface area contributed by atoms with Gasteiger partial charge >= 0.3 is 0 Å². The summed E-state index contributed by atoms with van der Waals surface area (Å²) in [5, 5.41) is 3.42. The molecule has 0 aliphatic heterocycles. The number of furan rings is 1. The highest BCUT2D eigenvalue weighted by atomic mass is 32.2. The lowest BCUT2D eigenvalue weighted by Crippen LogP contribution is -2.14. The van der Waals surface area contributed by atoms with Gasteiger partial charge < -0.3 is 9.73 Å². The minimum Gasteiger partial charge on any atom is -0.465 e. The molecule has 0 aliphatic carbocycles. The molecular weight excluding hydrogens is 218 g/mol. The maximum Gasteiger partial charge on any atom is 0.117 e. The van der Waals surface area contributed by atoms with Crippen LogP contribution in [0.25, 0.3) is 0 Å². The molecular formula is C13H23NOS. The minimum absolute atomic E-state index is 0.864. The van der Waals surface area contributed by atoms with Gasteiger partial charge in [0.15, 0.2) is 0 Å². The van der Waals surface area contributed by atoms with E-state index in [2.05, 4.69) is 30.6 Å². The summed E-state index contributed by atoms with van der Waals surface area (Å²) >= 11 is 1.93. The summed E-state index contributed by atoms with van der Waals surface area (Å²) in [6.07, 6.45) is 7.08. The first-order valence-corrected chi connectivity index (χ1v) is 7.53. The van der Waals surface area contributed by atoms with Crippen LogP contribution in [0, 0.1) is 0 Å². The monoisotopic (exact) mass is 241 g/mol. The average Bonchev–Trinajstić information content (AvgIpc) is 2.76. The van der Waals surface area contributed by atoms with E-state index in [9.17, 15) is 0 Å². The molecule has 0 saturated heterocycles. The third-order valence-corrected chi connectivity index (χ3v) is 3.26. The van der Waals surface area contributed by atoms with Crippen molar-refractivity contribution in [3.8, 4) is 0 Å². The lowest BCUT2D eigenvalue weighted by molar-refractivity contribution is 0.448. The molecule has 3 heteroatoms. The molecule has 92 valence electrons. The van der Waals surface area contributed by atoms with Crippen LogP contribution in [0.4, 0.5) is 0 Å². The Morgan fingerprint density at radius 1 is 1.19 bits per heavy atom. The van der Waals surface area contributed by atoms with E-state index >= 15 is 0 Å². The first-order chi connectivity index (χ1) is 7.86. The summed E-state index contributed by atoms with van der Waals surface area (Å²) in [5.74, 6) is 3.43. The first-order valence-electron chi connectivity index (χ1n) is 6.14. The van der Waals surface area contributed by atoms with E-state index in [-0.39, 0.29) is 0 Å². The molecule has 1 N–H and O–H groups in total. The van der Waals surface area contributed by atoms with Gasteiger partial charge in [-0.15, -0.1) is 0 Å². The van der Waals surface area contributed by atoms with E-state index in [1.165, 1.54) is 25.0 Å². The fourth-order valence-electron chi connectivity index (χ4n) is 1.59. The lowest BCUT2D eigenvalue weighted by atomic mass is 10.2. The van der Waals surface area contributed by atoms with Gasteiger partial charge in [-0.05, 0) is 43.5 Å². The van der Waals surface area contributed by atoms with Crippen molar-refractivity contribution in [2.45, 2.75) is 39.2 Å². The van der Waals surface area contributed by atoms with E-state index in [4.69, 9.17) is 4.42 Å². The number of unbranched alkanes of at least 4 members (excludes halogenated alkanes) is 2. The quantitative estimate of drug-likeness (QED) is 0.670. The van der Waals surface area contributed by atoms with Crippen molar-refractivity contribution in [3.63, 3.8) is 0 Å². The number of rotatable bonds is 9. The third-order valence-electron chi connectivity index (χ3n) is 2.57. The molecule has 0 bridgehead atoms. The predicted octanol–water partition coefficient (Wildman–Crippen LogP) is 3.46. The zero-order valence-corrected chi connectivity index (χ0v) is 11.2. The number of hydrogen-bond donors (Lipinski definition) is 1. The molecule has 2 nitrogen and oxygen atoms in total. The van der Waals surface area contributed by atoms with E-state index < -0.39 is 0 Å². The van der Waals surface area contributed by atoms with Gasteiger partial charge in [0.05, 0.1) is 6.54 Å². The highest BCUT2D eigenvalue weighted by Gasteiger charge is 1.99. The van der Waals surface area contributed by atoms with Crippen LogP contribution in [-0.2, 0) is 13.0 Å². The Bertz CT molecular complexity index is 273. The van der Waals surface area contributed by atoms with Crippen LogP contribution >= 0.6 is 11.8 Å². The molecule has 0 aliphatic rings. The molecule has 0 saturated carbocycles. The Kier molecular flexibility index (Phi) is 7.43. The number of hydrogen-bond acceptors (Lipinski definition) is 3. The van der Waals surface area contributed by atoms with Crippen LogP contribution in [0.1, 0.15) is 37.7 Å². The fourth-order valence-corrected chi connectivity index (χ4v) is 2.08. The molecule has 16 heavy (non-hydrogen) atoms. The van der Waals surface area contributed by atoms with Gasteiger partial charge in [-0.1, -0.05) is 13.3 Å². The van der Waals surface area contributed by atoms with E-state index in [0.29, 0.717) is 0 Å². The molecule has 0 unspecified atom stereocenters. The second-order valence-corrected chi connectivity index (χ2v) is 4.94. The zero-order valence-electron chi connectivity index (χ0n) is 10.4. The predicted molar refractivity (Wildman–Crippen MR) is 72.0 cm³/mol. The van der Waals surface area contributed by atoms with Crippen molar-refractivity contribution in [2.75, 3.05) is 18.6 Å². The van der Waals surface area contributed by atoms with Crippen molar-refractivity contribution in [3.05, 3.63) is 23.7 Å². The highest BCUT2D eigenvalue weighted by Crippen LogP contribution is 2.08. The largest absolute Gasteiger partial charge is 0.465 e. The summed E-state index contributed by atoms with van der Waals surface area (Å²) in [6, 6.07) is 4.13. The maximum absolute atomic E-state index is 5.61. The van der Waals surface area contributed by atoms with Gasteiger partial charge in [0.2, 0.25) is 0 Å². The lowest BCUT2D eigenvalue weighted by Gasteiger charge is -2.02. The van der Waals surface area contributed by atoms with Gasteiger partial charge in [-0.3, -0.25) is 0 Å². The molecule has 0 fully saturated rings. The second kappa shape index (κ2) is 8.71. The van der Waals surface area contributed by atoms with Gasteiger partial charge in [0.25, 0.3) is 0 Å². The standard InChI is InChI=1S/C13H23NOS/c1-3-12-7-8-13(15-12)11-14-9-5-4-6-10-16-2/h7-8,14H,3-6,9-11H2,1-2H3. The van der Waals surface area contributed by atoms with Crippen LogP contribution in [-0.4, -0.2) is 18.6 Å². The molecule has 1 rings (SSSR count). The van der Waals surface area contributed by atoms with E-state index in [0.717, 1.165) is 31.0 Å². The number of nitrogens with one attached hydrogen (secondary N) is 1. The molecule has 0 spiro atoms. The minimum atomic E-state index is 0.864. The second-order valence-electron chi connectivity index (χ2n) is 3.95. The van der Waals surface area contributed by atoms with Crippen molar-refractivity contribution in [1.82, 2.24) is 5.32 Å². The molecule has 1 aromatic rings. The number of aryl methyl sites for hydroxylation is 1. The van der Waals surface area contributed by atoms with Gasteiger partial charge in [0, 0.05) is 6.42 Å². The first kappa shape index (κ1) is 13.7. The molecule has 0 amide bonds. The molecule has 1 heterocycles. The molecule has 0 atom stereocenters. The molecule has 0 aromatic carbocycles. The van der Waals surface area contributed by atoms with Crippen LogP contribution in [0.3, 0.4) is 0 Å². The number of thioether (sulfide) groups is 1. The molecule has 1 aromatic heterocycles. The molecule has 0 radical (unpaired) electrons. The Morgan fingerprint density at radius 2 is 2.00 bits per heavy atom. The normalized spacial score (nSPS) is 10.9. The summed E-state index contributed by atoms with van der Waals surface area (Å²) in [5.41, 5.74) is 0. The Balaban J connectivity index is 1.98. The van der Waals surface area contributed by atoms with E-state index in [1.54, 1.807) is 0 Å². The van der Waals surface area contributed by atoms with Crippen molar-refractivity contribution >= 4 is 11.8 Å². The van der Waals surface area contributed by atoms with Crippen molar-refractivity contribution in [1.29, 1.82) is 0 Å². The maximum atomic E-state index is 5.61.